The van der Waals surface area contributed by atoms with Crippen LogP contribution in [0.3, 0.4) is 0 Å². The summed E-state index contributed by atoms with van der Waals surface area (Å²) in [6.07, 6.45) is 1.11. The molecule has 5 heteroatoms. The van der Waals surface area contributed by atoms with E-state index in [1.807, 2.05) is 24.3 Å². The summed E-state index contributed by atoms with van der Waals surface area (Å²) >= 11 is 3.65. The molecule has 0 amide bonds. The summed E-state index contributed by atoms with van der Waals surface area (Å²) in [5, 5.41) is 0. The van der Waals surface area contributed by atoms with Crippen molar-refractivity contribution < 1.29 is 19.0 Å². The Kier molecular flexibility index (Phi) is 2.91. The van der Waals surface area contributed by atoms with Crippen LogP contribution in [0.4, 0.5) is 0 Å². The van der Waals surface area contributed by atoms with Crippen molar-refractivity contribution in [3.05, 3.63) is 29.8 Å². The molecule has 3 atom stereocenters. The molecule has 2 aliphatic heterocycles. The number of rotatable bonds is 0. The van der Waals surface area contributed by atoms with E-state index in [-0.39, 0.29) is 22.6 Å². The van der Waals surface area contributed by atoms with Gasteiger partial charge in [0.25, 0.3) is 0 Å². The van der Waals surface area contributed by atoms with Crippen LogP contribution in [0.5, 0.6) is 5.75 Å². The summed E-state index contributed by atoms with van der Waals surface area (Å²) in [5.74, 6) is 0.0884. The van der Waals surface area contributed by atoms with E-state index in [2.05, 4.69) is 15.9 Å². The van der Waals surface area contributed by atoms with E-state index in [0.717, 1.165) is 0 Å². The Balaban J connectivity index is 1.70. The van der Waals surface area contributed by atoms with Crippen molar-refractivity contribution in [3.63, 3.8) is 0 Å². The monoisotopic (exact) mass is 338 g/mol. The van der Waals surface area contributed by atoms with E-state index in [0.29, 0.717) is 37.4 Å². The zero-order valence-electron chi connectivity index (χ0n) is 10.9. The lowest BCUT2D eigenvalue weighted by molar-refractivity contribution is -0.196. The highest BCUT2D eigenvalue weighted by Crippen LogP contribution is 2.46. The van der Waals surface area contributed by atoms with E-state index >= 15 is 0 Å². The fraction of sp³-hybridized carbons (Fsp3) is 0.533. The van der Waals surface area contributed by atoms with Crippen LogP contribution in [-0.2, 0) is 9.47 Å². The predicted molar refractivity (Wildman–Crippen MR) is 75.3 cm³/mol. The number of ketones is 1. The summed E-state index contributed by atoms with van der Waals surface area (Å²) < 4.78 is 17.6. The van der Waals surface area contributed by atoms with Crippen molar-refractivity contribution in [2.24, 2.45) is 5.92 Å². The molecule has 4 rings (SSSR count). The van der Waals surface area contributed by atoms with Crippen molar-refractivity contribution in [1.29, 1.82) is 0 Å². The zero-order valence-corrected chi connectivity index (χ0v) is 12.5. The van der Waals surface area contributed by atoms with Crippen LogP contribution in [0.2, 0.25) is 0 Å². The first-order valence-electron chi connectivity index (χ1n) is 6.90. The molecule has 1 saturated heterocycles. The Bertz CT molecular complexity index is 553. The van der Waals surface area contributed by atoms with E-state index in [1.54, 1.807) is 0 Å². The van der Waals surface area contributed by atoms with Crippen LogP contribution in [0.1, 0.15) is 23.2 Å². The topological polar surface area (TPSA) is 44.8 Å². The number of carbonyl (C=O) groups is 1. The van der Waals surface area contributed by atoms with E-state index < -0.39 is 5.79 Å². The largest absolute Gasteiger partial charge is 0.489 e. The lowest BCUT2D eigenvalue weighted by Gasteiger charge is -2.45. The maximum Gasteiger partial charge on any atom is 0.174 e. The van der Waals surface area contributed by atoms with Crippen LogP contribution in [0.25, 0.3) is 0 Å². The highest BCUT2D eigenvalue weighted by atomic mass is 79.9. The van der Waals surface area contributed by atoms with Crippen molar-refractivity contribution >= 4 is 21.7 Å². The minimum atomic E-state index is -0.581. The number of hydrogen-bond donors (Lipinski definition) is 0. The van der Waals surface area contributed by atoms with Gasteiger partial charge in [0, 0.05) is 17.7 Å². The minimum Gasteiger partial charge on any atom is -0.489 e. The van der Waals surface area contributed by atoms with Gasteiger partial charge in [0.15, 0.2) is 11.6 Å². The number of Topliss-reactive ketones (excluding diaryl/α,β-unsaturated/α-hetero) is 1. The third-order valence-electron chi connectivity index (χ3n) is 4.36. The lowest BCUT2D eigenvalue weighted by atomic mass is 9.76. The molecular weight excluding hydrogens is 324 g/mol. The second-order valence-corrected chi connectivity index (χ2v) is 6.75. The van der Waals surface area contributed by atoms with E-state index in [4.69, 9.17) is 14.2 Å². The van der Waals surface area contributed by atoms with Crippen LogP contribution in [0.15, 0.2) is 24.3 Å². The highest BCUT2D eigenvalue weighted by Gasteiger charge is 2.54. The Morgan fingerprint density at radius 1 is 1.15 bits per heavy atom. The van der Waals surface area contributed by atoms with Crippen molar-refractivity contribution in [3.8, 4) is 5.75 Å². The molecule has 20 heavy (non-hydrogen) atoms. The van der Waals surface area contributed by atoms with Gasteiger partial charge < -0.3 is 14.2 Å². The molecule has 1 saturated carbocycles. The number of ether oxygens (including phenoxy) is 3. The highest BCUT2D eigenvalue weighted by molar-refractivity contribution is 9.09. The first kappa shape index (κ1) is 12.8. The van der Waals surface area contributed by atoms with Gasteiger partial charge in [0.2, 0.25) is 0 Å². The molecule has 0 aromatic heterocycles. The van der Waals surface area contributed by atoms with Gasteiger partial charge in [-0.2, -0.15) is 0 Å². The van der Waals surface area contributed by atoms with Crippen molar-refractivity contribution in [2.45, 2.75) is 29.6 Å². The fourth-order valence-corrected chi connectivity index (χ4v) is 4.54. The number of benzene rings is 1. The van der Waals surface area contributed by atoms with Crippen LogP contribution in [0, 0.1) is 5.92 Å². The van der Waals surface area contributed by atoms with Gasteiger partial charge >= 0.3 is 0 Å². The second kappa shape index (κ2) is 4.55. The van der Waals surface area contributed by atoms with Gasteiger partial charge in [0.05, 0.1) is 24.7 Å². The molecule has 1 aromatic rings. The van der Waals surface area contributed by atoms with E-state index in [1.165, 1.54) is 0 Å². The first-order chi connectivity index (χ1) is 9.69. The van der Waals surface area contributed by atoms with Gasteiger partial charge in [-0.15, -0.1) is 0 Å². The average Bonchev–Trinajstić information content (AvgIpc) is 2.86. The van der Waals surface area contributed by atoms with Gasteiger partial charge in [-0.25, -0.2) is 0 Å². The number of hydrogen-bond acceptors (Lipinski definition) is 4. The maximum absolute atomic E-state index is 12.7. The lowest BCUT2D eigenvalue weighted by Crippen LogP contribution is -2.54. The summed E-state index contributed by atoms with van der Waals surface area (Å²) in [7, 11) is 0. The molecule has 3 unspecified atom stereocenters. The Labute approximate surface area is 125 Å². The van der Waals surface area contributed by atoms with Crippen LogP contribution >= 0.6 is 15.9 Å². The molecule has 0 radical (unpaired) electrons. The number of para-hydroxylation sites is 1. The molecule has 1 spiro atoms. The molecule has 0 bridgehead atoms. The minimum absolute atomic E-state index is 0.0141. The summed E-state index contributed by atoms with van der Waals surface area (Å²) in [6.45, 7) is 1.23. The molecule has 106 valence electrons. The summed E-state index contributed by atoms with van der Waals surface area (Å²) in [4.78, 5) is 12.7. The summed E-state index contributed by atoms with van der Waals surface area (Å²) in [6, 6.07) is 7.45. The fourth-order valence-electron chi connectivity index (χ4n) is 3.47. The van der Waals surface area contributed by atoms with Crippen LogP contribution in [-0.4, -0.2) is 35.7 Å². The predicted octanol–water partition coefficient (Wildman–Crippen LogP) is 2.55. The smallest absolute Gasteiger partial charge is 0.174 e. The van der Waals surface area contributed by atoms with Gasteiger partial charge in [-0.05, 0) is 12.1 Å². The Hall–Kier alpha value is -0.910. The van der Waals surface area contributed by atoms with Crippen LogP contribution < -0.4 is 4.74 Å². The molecule has 4 nitrogen and oxygen atoms in total. The SMILES string of the molecule is O=C1c2ccccc2OC2CC3(CC(Br)C12)OCCO3. The normalized spacial score (nSPS) is 34.5. The number of carbonyl (C=O) groups excluding carboxylic acids is 1. The standard InChI is InChI=1S/C15H15BrO4/c16-10-7-15(18-5-6-19-15)8-12-13(10)14(17)9-3-1-2-4-11(9)20-12/h1-4,10,12-13H,5-8H2. The Morgan fingerprint density at radius 2 is 1.90 bits per heavy atom. The third-order valence-corrected chi connectivity index (χ3v) is 5.25. The molecular formula is C15H15BrO4. The van der Waals surface area contributed by atoms with Gasteiger partial charge in [0.1, 0.15) is 11.9 Å². The average molecular weight is 339 g/mol. The molecule has 2 heterocycles. The quantitative estimate of drug-likeness (QED) is 0.682. The van der Waals surface area contributed by atoms with Crippen molar-refractivity contribution in [1.82, 2.24) is 0 Å². The molecule has 2 fully saturated rings. The van der Waals surface area contributed by atoms with Crippen molar-refractivity contribution in [2.75, 3.05) is 13.2 Å². The second-order valence-electron chi connectivity index (χ2n) is 5.57. The third kappa shape index (κ3) is 1.84. The van der Waals surface area contributed by atoms with Gasteiger partial charge in [-0.1, -0.05) is 28.1 Å². The Morgan fingerprint density at radius 3 is 2.70 bits per heavy atom. The van der Waals surface area contributed by atoms with Gasteiger partial charge in [-0.3, -0.25) is 4.79 Å². The van der Waals surface area contributed by atoms with E-state index in [9.17, 15) is 4.79 Å². The molecule has 1 aromatic carbocycles. The molecule has 3 aliphatic rings. The zero-order chi connectivity index (χ0) is 13.7. The molecule has 0 N–H and O–H groups in total. The number of halogens is 1. The number of alkyl halides is 1. The number of fused-ring (bicyclic) bond motifs is 2. The maximum atomic E-state index is 12.7. The molecule has 1 aliphatic carbocycles. The summed E-state index contributed by atoms with van der Waals surface area (Å²) in [5.41, 5.74) is 0.683. The first-order valence-corrected chi connectivity index (χ1v) is 7.82.